The Kier molecular flexibility index (Phi) is 6.85. The Bertz CT molecular complexity index is 786. The van der Waals surface area contributed by atoms with Gasteiger partial charge in [-0.2, -0.15) is 0 Å². The number of piperidine rings is 1. The molecule has 2 amide bonds. The molecule has 2 atom stereocenters. The highest BCUT2D eigenvalue weighted by Crippen LogP contribution is 2.46. The monoisotopic (exact) mass is 428 g/mol. The average Bonchev–Trinajstić information content (AvgIpc) is 2.82. The highest BCUT2D eigenvalue weighted by molar-refractivity contribution is 5.88. The number of fused-ring (bicyclic) bond motifs is 2. The molecule has 4 rings (SSSR count). The van der Waals surface area contributed by atoms with Crippen molar-refractivity contribution in [2.75, 3.05) is 33.4 Å². The van der Waals surface area contributed by atoms with Crippen LogP contribution < -0.4 is 10.1 Å². The topological polar surface area (TPSA) is 67.9 Å². The second-order valence-electron chi connectivity index (χ2n) is 9.20. The molecule has 1 saturated carbocycles. The third-order valence-corrected chi connectivity index (χ3v) is 7.39. The maximum atomic E-state index is 13.5. The molecule has 170 valence electrons. The van der Waals surface area contributed by atoms with E-state index in [2.05, 4.69) is 11.4 Å². The molecule has 1 aliphatic carbocycles. The number of hydrogen-bond donors (Lipinski definition) is 1. The second-order valence-corrected chi connectivity index (χ2v) is 9.20. The lowest BCUT2D eigenvalue weighted by Crippen LogP contribution is -2.52. The van der Waals surface area contributed by atoms with Crippen LogP contribution >= 0.6 is 0 Å². The number of methoxy groups -OCH3 is 1. The summed E-state index contributed by atoms with van der Waals surface area (Å²) in [5.74, 6) is 0.728. The van der Waals surface area contributed by atoms with Crippen LogP contribution in [0.5, 0.6) is 5.75 Å². The Hall–Kier alpha value is -2.08. The molecule has 0 radical (unpaired) electrons. The number of benzene rings is 1. The number of carbonyl (C=O) groups excluding carboxylic acids is 2. The van der Waals surface area contributed by atoms with E-state index in [-0.39, 0.29) is 29.3 Å². The van der Waals surface area contributed by atoms with E-state index in [0.717, 1.165) is 57.1 Å². The zero-order chi connectivity index (χ0) is 21.8. The van der Waals surface area contributed by atoms with Crippen LogP contribution in [0.3, 0.4) is 0 Å². The van der Waals surface area contributed by atoms with E-state index >= 15 is 0 Å². The molecule has 3 aliphatic rings. The van der Waals surface area contributed by atoms with Gasteiger partial charge in [0.25, 0.3) is 0 Å². The summed E-state index contributed by atoms with van der Waals surface area (Å²) in [6.45, 7) is 4.76. The van der Waals surface area contributed by atoms with Crippen LogP contribution in [0.1, 0.15) is 63.0 Å². The van der Waals surface area contributed by atoms with Gasteiger partial charge in [-0.3, -0.25) is 9.59 Å². The van der Waals surface area contributed by atoms with E-state index in [4.69, 9.17) is 9.47 Å². The number of rotatable bonds is 5. The molecule has 2 heterocycles. The van der Waals surface area contributed by atoms with Gasteiger partial charge in [0, 0.05) is 37.0 Å². The van der Waals surface area contributed by atoms with Crippen LogP contribution in [0.15, 0.2) is 18.2 Å². The van der Waals surface area contributed by atoms with Crippen molar-refractivity contribution in [3.05, 3.63) is 29.3 Å². The van der Waals surface area contributed by atoms with E-state index in [0.29, 0.717) is 26.2 Å². The maximum Gasteiger partial charge on any atom is 0.226 e. The Labute approximate surface area is 185 Å². The first-order valence-corrected chi connectivity index (χ1v) is 12.0. The predicted molar refractivity (Wildman–Crippen MR) is 119 cm³/mol. The van der Waals surface area contributed by atoms with Gasteiger partial charge in [0.1, 0.15) is 11.4 Å². The molecule has 1 spiro atoms. The average molecular weight is 429 g/mol. The standard InChI is InChI=1S/C25H36N2O4/c1-3-14-26-23(28)19-8-4-5-9-20(19)24(29)27-15-12-25(13-16-27)22-18(11-17-31-25)7-6-10-21(22)30-2/h6-7,10,19-20H,3-5,8-9,11-17H2,1-2H3,(H,26,28). The van der Waals surface area contributed by atoms with Crippen molar-refractivity contribution in [3.63, 3.8) is 0 Å². The zero-order valence-corrected chi connectivity index (χ0v) is 19.0. The van der Waals surface area contributed by atoms with Crippen LogP contribution in [-0.2, 0) is 26.3 Å². The lowest BCUT2D eigenvalue weighted by molar-refractivity contribution is -0.150. The van der Waals surface area contributed by atoms with Gasteiger partial charge in [0.05, 0.1) is 13.7 Å². The second kappa shape index (κ2) is 9.60. The van der Waals surface area contributed by atoms with E-state index in [1.807, 2.05) is 24.0 Å². The third-order valence-electron chi connectivity index (χ3n) is 7.39. The number of ether oxygens (including phenoxy) is 2. The number of carbonyl (C=O) groups is 2. The number of amides is 2. The molecule has 6 heteroatoms. The summed E-state index contributed by atoms with van der Waals surface area (Å²) in [7, 11) is 1.71. The molecule has 2 fully saturated rings. The van der Waals surface area contributed by atoms with Crippen molar-refractivity contribution in [3.8, 4) is 5.75 Å². The molecule has 1 aromatic carbocycles. The van der Waals surface area contributed by atoms with Crippen LogP contribution in [0.4, 0.5) is 0 Å². The molecule has 31 heavy (non-hydrogen) atoms. The molecule has 6 nitrogen and oxygen atoms in total. The smallest absolute Gasteiger partial charge is 0.226 e. The molecule has 0 bridgehead atoms. The minimum absolute atomic E-state index is 0.0580. The minimum atomic E-state index is -0.374. The van der Waals surface area contributed by atoms with Crippen LogP contribution in [-0.4, -0.2) is 50.1 Å². The lowest BCUT2D eigenvalue weighted by atomic mass is 9.76. The first-order chi connectivity index (χ1) is 15.1. The Balaban J connectivity index is 1.47. The minimum Gasteiger partial charge on any atom is -0.496 e. The van der Waals surface area contributed by atoms with Crippen LogP contribution in [0.2, 0.25) is 0 Å². The van der Waals surface area contributed by atoms with Gasteiger partial charge in [0.2, 0.25) is 11.8 Å². The summed E-state index contributed by atoms with van der Waals surface area (Å²) in [6, 6.07) is 6.22. The zero-order valence-electron chi connectivity index (χ0n) is 19.0. The van der Waals surface area contributed by atoms with Crippen molar-refractivity contribution in [1.29, 1.82) is 0 Å². The molecule has 2 aliphatic heterocycles. The fourth-order valence-electron chi connectivity index (χ4n) is 5.74. The highest BCUT2D eigenvalue weighted by Gasteiger charge is 2.45. The van der Waals surface area contributed by atoms with Gasteiger partial charge in [-0.25, -0.2) is 0 Å². The van der Waals surface area contributed by atoms with Gasteiger partial charge in [-0.1, -0.05) is 31.9 Å². The first kappa shape index (κ1) is 22.1. The van der Waals surface area contributed by atoms with Crippen molar-refractivity contribution in [2.24, 2.45) is 11.8 Å². The number of nitrogens with zero attached hydrogens (tertiary/aromatic N) is 1. The fraction of sp³-hybridized carbons (Fsp3) is 0.680. The van der Waals surface area contributed by atoms with Crippen molar-refractivity contribution in [1.82, 2.24) is 10.2 Å². The van der Waals surface area contributed by atoms with Gasteiger partial charge in [0.15, 0.2) is 0 Å². The summed E-state index contributed by atoms with van der Waals surface area (Å²) >= 11 is 0. The van der Waals surface area contributed by atoms with E-state index in [9.17, 15) is 9.59 Å². The van der Waals surface area contributed by atoms with Crippen LogP contribution in [0.25, 0.3) is 0 Å². The highest BCUT2D eigenvalue weighted by atomic mass is 16.5. The Morgan fingerprint density at radius 1 is 1.19 bits per heavy atom. The number of nitrogens with one attached hydrogen (secondary N) is 1. The van der Waals surface area contributed by atoms with Crippen LogP contribution in [0, 0.1) is 11.8 Å². The van der Waals surface area contributed by atoms with Gasteiger partial charge >= 0.3 is 0 Å². The number of hydrogen-bond acceptors (Lipinski definition) is 4. The predicted octanol–water partition coefficient (Wildman–Crippen LogP) is 3.42. The molecular weight excluding hydrogens is 392 g/mol. The number of likely N-dealkylation sites (tertiary alicyclic amines) is 1. The molecule has 0 aromatic heterocycles. The molecule has 1 saturated heterocycles. The summed E-state index contributed by atoms with van der Waals surface area (Å²) in [6.07, 6.45) is 7.04. The summed E-state index contributed by atoms with van der Waals surface area (Å²) in [5.41, 5.74) is 2.09. The first-order valence-electron chi connectivity index (χ1n) is 12.0. The van der Waals surface area contributed by atoms with Gasteiger partial charge in [-0.15, -0.1) is 0 Å². The molecule has 1 aromatic rings. The fourth-order valence-corrected chi connectivity index (χ4v) is 5.74. The molecule has 1 N–H and O–H groups in total. The van der Waals surface area contributed by atoms with Crippen molar-refractivity contribution < 1.29 is 19.1 Å². The Morgan fingerprint density at radius 3 is 2.65 bits per heavy atom. The van der Waals surface area contributed by atoms with E-state index in [1.165, 1.54) is 11.1 Å². The third kappa shape index (κ3) is 4.32. The molecular formula is C25H36N2O4. The van der Waals surface area contributed by atoms with E-state index < -0.39 is 0 Å². The largest absolute Gasteiger partial charge is 0.496 e. The lowest BCUT2D eigenvalue weighted by Gasteiger charge is -2.46. The van der Waals surface area contributed by atoms with E-state index in [1.54, 1.807) is 7.11 Å². The quantitative estimate of drug-likeness (QED) is 0.780. The normalized spacial score (nSPS) is 25.0. The SMILES string of the molecule is CCCNC(=O)C1CCCCC1C(=O)N1CCC2(CC1)OCCc1cccc(OC)c12. The van der Waals surface area contributed by atoms with Gasteiger partial charge in [-0.05, 0) is 50.2 Å². The Morgan fingerprint density at radius 2 is 1.94 bits per heavy atom. The van der Waals surface area contributed by atoms with Crippen molar-refractivity contribution in [2.45, 2.75) is 63.9 Å². The van der Waals surface area contributed by atoms with Gasteiger partial charge < -0.3 is 19.7 Å². The maximum absolute atomic E-state index is 13.5. The summed E-state index contributed by atoms with van der Waals surface area (Å²) < 4.78 is 12.0. The molecule has 2 unspecified atom stereocenters. The summed E-state index contributed by atoms with van der Waals surface area (Å²) in [5, 5.41) is 3.02. The van der Waals surface area contributed by atoms with Crippen molar-refractivity contribution >= 4 is 11.8 Å². The summed E-state index contributed by atoms with van der Waals surface area (Å²) in [4.78, 5) is 28.1.